The lowest BCUT2D eigenvalue weighted by Gasteiger charge is -1.99. The van der Waals surface area contributed by atoms with Gasteiger partial charge in [-0.25, -0.2) is 0 Å². The number of hydrogen-bond donors (Lipinski definition) is 1. The summed E-state index contributed by atoms with van der Waals surface area (Å²) in [6.07, 6.45) is 0. The first-order chi connectivity index (χ1) is 5.24. The fraction of sp³-hybridized carbons (Fsp3) is 0.571. The van der Waals surface area contributed by atoms with Gasteiger partial charge >= 0.3 is 0 Å². The highest BCUT2D eigenvalue weighted by Gasteiger charge is 2.00. The van der Waals surface area contributed by atoms with Gasteiger partial charge in [-0.15, -0.1) is 0 Å². The zero-order valence-corrected chi connectivity index (χ0v) is 6.87. The van der Waals surface area contributed by atoms with Crippen molar-refractivity contribution in [2.45, 2.75) is 13.5 Å². The maximum Gasteiger partial charge on any atom is 0.145 e. The standard InChI is InChI=1S/C7H13N3O/c1-3-11-5-6-4-7(8)9-10(6)2/h4H,3,5H2,1-2H3,(H2,8,9). The van der Waals surface area contributed by atoms with Gasteiger partial charge in [0.15, 0.2) is 0 Å². The number of ether oxygens (including phenoxy) is 1. The lowest BCUT2D eigenvalue weighted by Crippen LogP contribution is -2.00. The molecule has 0 saturated heterocycles. The third kappa shape index (κ3) is 1.94. The van der Waals surface area contributed by atoms with E-state index in [9.17, 15) is 0 Å². The van der Waals surface area contributed by atoms with Gasteiger partial charge in [0.25, 0.3) is 0 Å². The minimum atomic E-state index is 0.544. The highest BCUT2D eigenvalue weighted by molar-refractivity contribution is 5.28. The van der Waals surface area contributed by atoms with E-state index in [0.717, 1.165) is 5.69 Å². The molecule has 4 heteroatoms. The predicted molar refractivity (Wildman–Crippen MR) is 43.0 cm³/mol. The molecule has 4 nitrogen and oxygen atoms in total. The van der Waals surface area contributed by atoms with Crippen molar-refractivity contribution >= 4 is 5.82 Å². The van der Waals surface area contributed by atoms with Crippen LogP contribution in [0.1, 0.15) is 12.6 Å². The van der Waals surface area contributed by atoms with E-state index >= 15 is 0 Å². The van der Waals surface area contributed by atoms with Crippen LogP contribution in [0.2, 0.25) is 0 Å². The number of aryl methyl sites for hydroxylation is 1. The molecule has 0 amide bonds. The number of nitrogens with two attached hydrogens (primary N) is 1. The molecule has 0 saturated carbocycles. The molecule has 62 valence electrons. The molecule has 1 rings (SSSR count). The van der Waals surface area contributed by atoms with Gasteiger partial charge in [-0.05, 0) is 6.92 Å². The summed E-state index contributed by atoms with van der Waals surface area (Å²) in [5, 5.41) is 3.98. The van der Waals surface area contributed by atoms with E-state index in [1.54, 1.807) is 4.68 Å². The molecular weight excluding hydrogens is 142 g/mol. The fourth-order valence-corrected chi connectivity index (χ4v) is 0.872. The molecule has 0 atom stereocenters. The lowest BCUT2D eigenvalue weighted by molar-refractivity contribution is 0.128. The molecule has 0 unspecified atom stereocenters. The van der Waals surface area contributed by atoms with Crippen LogP contribution in [0.25, 0.3) is 0 Å². The van der Waals surface area contributed by atoms with E-state index in [2.05, 4.69) is 5.10 Å². The largest absolute Gasteiger partial charge is 0.382 e. The molecule has 0 fully saturated rings. The van der Waals surface area contributed by atoms with Gasteiger partial charge in [-0.2, -0.15) is 5.10 Å². The van der Waals surface area contributed by atoms with Crippen LogP contribution < -0.4 is 5.73 Å². The third-order valence-corrected chi connectivity index (χ3v) is 1.45. The second kappa shape index (κ2) is 3.39. The Balaban J connectivity index is 2.62. The van der Waals surface area contributed by atoms with Crippen LogP contribution in [0.3, 0.4) is 0 Å². The summed E-state index contributed by atoms with van der Waals surface area (Å²) in [5.41, 5.74) is 6.47. The Morgan fingerprint density at radius 2 is 2.45 bits per heavy atom. The van der Waals surface area contributed by atoms with E-state index in [0.29, 0.717) is 19.0 Å². The summed E-state index contributed by atoms with van der Waals surface area (Å²) in [6, 6.07) is 1.82. The lowest BCUT2D eigenvalue weighted by atomic mass is 10.4. The van der Waals surface area contributed by atoms with Crippen molar-refractivity contribution in [2.24, 2.45) is 7.05 Å². The zero-order valence-electron chi connectivity index (χ0n) is 6.87. The highest BCUT2D eigenvalue weighted by atomic mass is 16.5. The molecule has 0 aliphatic rings. The number of nitrogen functional groups attached to an aromatic ring is 1. The number of aromatic nitrogens is 2. The molecule has 0 aromatic carbocycles. The minimum absolute atomic E-state index is 0.544. The van der Waals surface area contributed by atoms with Gasteiger partial charge in [0.05, 0.1) is 12.3 Å². The van der Waals surface area contributed by atoms with Crippen LogP contribution >= 0.6 is 0 Å². The van der Waals surface area contributed by atoms with Gasteiger partial charge in [-0.1, -0.05) is 0 Å². The molecule has 11 heavy (non-hydrogen) atoms. The van der Waals surface area contributed by atoms with E-state index in [-0.39, 0.29) is 0 Å². The average Bonchev–Trinajstić information content (AvgIpc) is 2.26. The van der Waals surface area contributed by atoms with Crippen LogP contribution in [-0.4, -0.2) is 16.4 Å². The maximum atomic E-state index is 5.46. The molecule has 0 spiro atoms. The number of hydrogen-bond acceptors (Lipinski definition) is 3. The van der Waals surface area contributed by atoms with Crippen LogP contribution in [0.15, 0.2) is 6.07 Å². The summed E-state index contributed by atoms with van der Waals surface area (Å²) < 4.78 is 6.92. The van der Waals surface area contributed by atoms with E-state index in [1.807, 2.05) is 20.0 Å². The topological polar surface area (TPSA) is 53.1 Å². The second-order valence-corrected chi connectivity index (χ2v) is 2.32. The Labute approximate surface area is 66.0 Å². The molecule has 1 aromatic rings. The summed E-state index contributed by atoms with van der Waals surface area (Å²) in [7, 11) is 1.85. The smallest absolute Gasteiger partial charge is 0.145 e. The van der Waals surface area contributed by atoms with Gasteiger partial charge in [0.2, 0.25) is 0 Å². The van der Waals surface area contributed by atoms with Gasteiger partial charge in [0, 0.05) is 19.7 Å². The molecule has 0 radical (unpaired) electrons. The molecule has 1 heterocycles. The first kappa shape index (κ1) is 8.07. The minimum Gasteiger partial charge on any atom is -0.382 e. The zero-order chi connectivity index (χ0) is 8.27. The Bertz CT molecular complexity index is 232. The van der Waals surface area contributed by atoms with Crippen molar-refractivity contribution in [1.29, 1.82) is 0 Å². The number of anilines is 1. The molecular formula is C7H13N3O. The summed E-state index contributed by atoms with van der Waals surface area (Å²) in [6.45, 7) is 3.25. The molecule has 2 N–H and O–H groups in total. The van der Waals surface area contributed by atoms with Crippen molar-refractivity contribution in [2.75, 3.05) is 12.3 Å². The molecule has 0 aliphatic carbocycles. The van der Waals surface area contributed by atoms with Crippen molar-refractivity contribution in [3.8, 4) is 0 Å². The van der Waals surface area contributed by atoms with Crippen molar-refractivity contribution in [1.82, 2.24) is 9.78 Å². The molecule has 1 aromatic heterocycles. The Kier molecular flexibility index (Phi) is 2.48. The van der Waals surface area contributed by atoms with E-state index in [1.165, 1.54) is 0 Å². The van der Waals surface area contributed by atoms with Gasteiger partial charge in [0.1, 0.15) is 5.82 Å². The average molecular weight is 155 g/mol. The van der Waals surface area contributed by atoms with Gasteiger partial charge < -0.3 is 10.5 Å². The Hall–Kier alpha value is -1.03. The Morgan fingerprint density at radius 1 is 1.73 bits per heavy atom. The number of nitrogens with zero attached hydrogens (tertiary/aromatic N) is 2. The van der Waals surface area contributed by atoms with Gasteiger partial charge in [-0.3, -0.25) is 4.68 Å². The summed E-state index contributed by atoms with van der Waals surface area (Å²) in [4.78, 5) is 0. The normalized spacial score (nSPS) is 10.4. The first-order valence-electron chi connectivity index (χ1n) is 3.60. The van der Waals surface area contributed by atoms with Crippen molar-refractivity contribution < 1.29 is 4.74 Å². The molecule has 0 aliphatic heterocycles. The fourth-order valence-electron chi connectivity index (χ4n) is 0.872. The first-order valence-corrected chi connectivity index (χ1v) is 3.60. The van der Waals surface area contributed by atoms with E-state index < -0.39 is 0 Å². The van der Waals surface area contributed by atoms with Crippen LogP contribution in [0.4, 0.5) is 5.82 Å². The quantitative estimate of drug-likeness (QED) is 0.693. The number of rotatable bonds is 3. The highest BCUT2D eigenvalue weighted by Crippen LogP contribution is 2.04. The van der Waals surface area contributed by atoms with Crippen molar-refractivity contribution in [3.05, 3.63) is 11.8 Å². The maximum absolute atomic E-state index is 5.46. The van der Waals surface area contributed by atoms with Crippen LogP contribution in [0, 0.1) is 0 Å². The molecule has 0 bridgehead atoms. The van der Waals surface area contributed by atoms with E-state index in [4.69, 9.17) is 10.5 Å². The Morgan fingerprint density at radius 3 is 2.91 bits per heavy atom. The van der Waals surface area contributed by atoms with Crippen LogP contribution in [0.5, 0.6) is 0 Å². The second-order valence-electron chi connectivity index (χ2n) is 2.32. The predicted octanol–water partition coefficient (Wildman–Crippen LogP) is 0.539. The summed E-state index contributed by atoms with van der Waals surface area (Å²) in [5.74, 6) is 0.544. The van der Waals surface area contributed by atoms with Crippen LogP contribution in [-0.2, 0) is 18.4 Å². The van der Waals surface area contributed by atoms with Crippen molar-refractivity contribution in [3.63, 3.8) is 0 Å². The SMILES string of the molecule is CCOCc1cc(N)nn1C. The monoisotopic (exact) mass is 155 g/mol. The summed E-state index contributed by atoms with van der Waals surface area (Å²) >= 11 is 0. The third-order valence-electron chi connectivity index (χ3n) is 1.45.